The first-order chi connectivity index (χ1) is 13.1. The molecule has 2 aliphatic heterocycles. The topological polar surface area (TPSA) is 77.1 Å². The molecule has 2 aliphatic rings. The van der Waals surface area contributed by atoms with E-state index in [2.05, 4.69) is 5.32 Å². The van der Waals surface area contributed by atoms with E-state index in [4.69, 9.17) is 14.2 Å². The molecule has 140 valence electrons. The summed E-state index contributed by atoms with van der Waals surface area (Å²) in [5, 5.41) is 2.90. The maximum absolute atomic E-state index is 13.3. The van der Waals surface area contributed by atoms with Crippen molar-refractivity contribution in [2.24, 2.45) is 0 Å². The number of benzene rings is 2. The molecule has 2 aromatic rings. The molecule has 0 unspecified atom stereocenters. The summed E-state index contributed by atoms with van der Waals surface area (Å²) >= 11 is 0. The number of para-hydroxylation sites is 1. The van der Waals surface area contributed by atoms with Gasteiger partial charge in [-0.05, 0) is 24.3 Å². The zero-order valence-corrected chi connectivity index (χ0v) is 15.2. The summed E-state index contributed by atoms with van der Waals surface area (Å²) in [5.41, 5.74) is 0.297. The van der Waals surface area contributed by atoms with Crippen LogP contribution in [-0.4, -0.2) is 37.7 Å². The van der Waals surface area contributed by atoms with Crippen molar-refractivity contribution in [2.75, 3.05) is 20.8 Å². The number of urea groups is 1. The Bertz CT molecular complexity index is 913. The Morgan fingerprint density at radius 3 is 2.74 bits per heavy atom. The Balaban J connectivity index is 1.70. The molecule has 7 heteroatoms. The Morgan fingerprint density at radius 2 is 1.96 bits per heavy atom. The lowest BCUT2D eigenvalue weighted by molar-refractivity contribution is -0.133. The number of carbonyl (C=O) groups is 2. The van der Waals surface area contributed by atoms with Gasteiger partial charge in [0.05, 0.1) is 27.4 Å². The number of hydrogen-bond donors (Lipinski definition) is 1. The fraction of sp³-hybridized carbons (Fsp3) is 0.300. The number of methoxy groups -OCH3 is 2. The summed E-state index contributed by atoms with van der Waals surface area (Å²) in [7, 11) is 3.11. The Hall–Kier alpha value is -3.22. The van der Waals surface area contributed by atoms with Crippen molar-refractivity contribution in [2.45, 2.75) is 18.5 Å². The van der Waals surface area contributed by atoms with Crippen LogP contribution in [0.3, 0.4) is 0 Å². The van der Waals surface area contributed by atoms with Crippen molar-refractivity contribution in [3.8, 4) is 17.2 Å². The quantitative estimate of drug-likeness (QED) is 0.839. The third-order valence-corrected chi connectivity index (χ3v) is 5.07. The average molecular weight is 368 g/mol. The molecule has 0 aromatic heterocycles. The fourth-order valence-electron chi connectivity index (χ4n) is 3.69. The van der Waals surface area contributed by atoms with Crippen molar-refractivity contribution in [3.63, 3.8) is 0 Å². The van der Waals surface area contributed by atoms with Crippen molar-refractivity contribution >= 4 is 11.9 Å². The summed E-state index contributed by atoms with van der Waals surface area (Å²) < 4.78 is 16.3. The molecule has 1 atom stereocenters. The first-order valence-electron chi connectivity index (χ1n) is 8.66. The van der Waals surface area contributed by atoms with E-state index in [9.17, 15) is 9.59 Å². The standard InChI is InChI=1S/C20H20N2O5/c1-25-14-7-8-16(26-2)13(11-14)12-22-18(23)20(21-19(22)24)9-10-27-17-6-4-3-5-15(17)20/h3-8,11H,9-10,12H2,1-2H3,(H,21,24)/t20-/m1/s1. The Kier molecular flexibility index (Phi) is 4.14. The number of imide groups is 1. The highest BCUT2D eigenvalue weighted by Gasteiger charge is 2.54. The second-order valence-corrected chi connectivity index (χ2v) is 6.50. The number of rotatable bonds is 4. The monoisotopic (exact) mass is 368 g/mol. The van der Waals surface area contributed by atoms with Crippen molar-refractivity contribution < 1.29 is 23.8 Å². The molecular formula is C20H20N2O5. The van der Waals surface area contributed by atoms with Gasteiger partial charge >= 0.3 is 6.03 Å². The molecule has 2 aromatic carbocycles. The third-order valence-electron chi connectivity index (χ3n) is 5.07. The van der Waals surface area contributed by atoms with E-state index < -0.39 is 11.6 Å². The maximum atomic E-state index is 13.3. The smallest absolute Gasteiger partial charge is 0.325 e. The predicted octanol–water partition coefficient (Wildman–Crippen LogP) is 2.43. The molecule has 0 aliphatic carbocycles. The van der Waals surface area contributed by atoms with Gasteiger partial charge in [-0.1, -0.05) is 18.2 Å². The first kappa shape index (κ1) is 17.2. The maximum Gasteiger partial charge on any atom is 0.325 e. The SMILES string of the molecule is COc1ccc(OC)c(CN2C(=O)N[C@@]3(CCOc4ccccc43)C2=O)c1. The molecule has 7 nitrogen and oxygen atoms in total. The zero-order chi connectivity index (χ0) is 19.0. The van der Waals surface area contributed by atoms with Crippen LogP contribution < -0.4 is 19.5 Å². The van der Waals surface area contributed by atoms with Crippen LogP contribution in [0.4, 0.5) is 4.79 Å². The highest BCUT2D eigenvalue weighted by atomic mass is 16.5. The molecule has 27 heavy (non-hydrogen) atoms. The van der Waals surface area contributed by atoms with Gasteiger partial charge in [0.25, 0.3) is 5.91 Å². The Labute approximate surface area is 156 Å². The lowest BCUT2D eigenvalue weighted by Gasteiger charge is -2.33. The van der Waals surface area contributed by atoms with Gasteiger partial charge in [0.1, 0.15) is 17.2 Å². The number of carbonyl (C=O) groups excluding carboxylic acids is 2. The lowest BCUT2D eigenvalue weighted by atomic mass is 9.84. The van der Waals surface area contributed by atoms with Gasteiger partial charge < -0.3 is 19.5 Å². The number of nitrogens with zero attached hydrogens (tertiary/aromatic N) is 1. The lowest BCUT2D eigenvalue weighted by Crippen LogP contribution is -2.47. The van der Waals surface area contributed by atoms with Crippen LogP contribution >= 0.6 is 0 Å². The second kappa shape index (κ2) is 6.50. The summed E-state index contributed by atoms with van der Waals surface area (Å²) in [5.74, 6) is 1.56. The minimum absolute atomic E-state index is 0.0931. The van der Waals surface area contributed by atoms with E-state index >= 15 is 0 Å². The number of hydrogen-bond acceptors (Lipinski definition) is 5. The van der Waals surface area contributed by atoms with Crippen LogP contribution in [0.1, 0.15) is 17.5 Å². The molecule has 3 amide bonds. The van der Waals surface area contributed by atoms with Gasteiger partial charge in [0.15, 0.2) is 5.54 Å². The van der Waals surface area contributed by atoms with Gasteiger partial charge in [-0.25, -0.2) is 4.79 Å². The van der Waals surface area contributed by atoms with Gasteiger partial charge in [-0.2, -0.15) is 0 Å². The summed E-state index contributed by atoms with van der Waals surface area (Å²) in [6.45, 7) is 0.454. The minimum atomic E-state index is -1.09. The second-order valence-electron chi connectivity index (χ2n) is 6.50. The largest absolute Gasteiger partial charge is 0.497 e. The molecule has 0 bridgehead atoms. The molecule has 2 heterocycles. The van der Waals surface area contributed by atoms with Crippen LogP contribution in [0.15, 0.2) is 42.5 Å². The van der Waals surface area contributed by atoms with E-state index in [0.29, 0.717) is 41.4 Å². The molecule has 0 saturated carbocycles. The first-order valence-corrected chi connectivity index (χ1v) is 8.66. The van der Waals surface area contributed by atoms with Crippen LogP contribution in [-0.2, 0) is 16.9 Å². The van der Waals surface area contributed by atoms with E-state index in [-0.39, 0.29) is 12.5 Å². The summed E-state index contributed by atoms with van der Waals surface area (Å²) in [6, 6.07) is 12.2. The van der Waals surface area contributed by atoms with Crippen LogP contribution in [0.2, 0.25) is 0 Å². The minimum Gasteiger partial charge on any atom is -0.497 e. The number of nitrogens with one attached hydrogen (secondary N) is 1. The van der Waals surface area contributed by atoms with E-state index in [1.807, 2.05) is 24.3 Å². The van der Waals surface area contributed by atoms with E-state index in [1.165, 1.54) is 4.90 Å². The summed E-state index contributed by atoms with van der Waals surface area (Å²) in [4.78, 5) is 27.3. The average Bonchev–Trinajstić information content (AvgIpc) is 2.93. The molecule has 1 N–H and O–H groups in total. The van der Waals surface area contributed by atoms with Gasteiger partial charge in [-0.3, -0.25) is 9.69 Å². The highest BCUT2D eigenvalue weighted by molar-refractivity contribution is 6.07. The van der Waals surface area contributed by atoms with Gasteiger partial charge in [0, 0.05) is 17.5 Å². The van der Waals surface area contributed by atoms with Crippen molar-refractivity contribution in [3.05, 3.63) is 53.6 Å². The van der Waals surface area contributed by atoms with Crippen molar-refractivity contribution in [1.29, 1.82) is 0 Å². The summed E-state index contributed by atoms with van der Waals surface area (Å²) in [6.07, 6.45) is 0.389. The van der Waals surface area contributed by atoms with E-state index in [1.54, 1.807) is 32.4 Å². The number of fused-ring (bicyclic) bond motifs is 2. The normalized spacial score (nSPS) is 20.9. The molecular weight excluding hydrogens is 348 g/mol. The van der Waals surface area contributed by atoms with Crippen LogP contribution in [0.5, 0.6) is 17.2 Å². The van der Waals surface area contributed by atoms with Crippen molar-refractivity contribution in [1.82, 2.24) is 10.2 Å². The van der Waals surface area contributed by atoms with Crippen LogP contribution in [0, 0.1) is 0 Å². The van der Waals surface area contributed by atoms with Gasteiger partial charge in [0.2, 0.25) is 0 Å². The molecule has 1 fully saturated rings. The highest BCUT2D eigenvalue weighted by Crippen LogP contribution is 2.41. The number of ether oxygens (including phenoxy) is 3. The number of amides is 3. The fourth-order valence-corrected chi connectivity index (χ4v) is 3.69. The Morgan fingerprint density at radius 1 is 1.15 bits per heavy atom. The molecule has 1 saturated heterocycles. The molecule has 0 radical (unpaired) electrons. The van der Waals surface area contributed by atoms with Crippen LogP contribution in [0.25, 0.3) is 0 Å². The predicted molar refractivity (Wildman–Crippen MR) is 96.9 cm³/mol. The third kappa shape index (κ3) is 2.66. The molecule has 1 spiro atoms. The molecule has 4 rings (SSSR count). The van der Waals surface area contributed by atoms with E-state index in [0.717, 1.165) is 0 Å². The zero-order valence-electron chi connectivity index (χ0n) is 15.2. The van der Waals surface area contributed by atoms with Gasteiger partial charge in [-0.15, -0.1) is 0 Å².